The molecule has 0 aliphatic heterocycles. The predicted octanol–water partition coefficient (Wildman–Crippen LogP) is 6.07. The van der Waals surface area contributed by atoms with Crippen LogP contribution in [-0.2, 0) is 0 Å². The highest BCUT2D eigenvalue weighted by atomic mass is 32.1. The van der Waals surface area contributed by atoms with Gasteiger partial charge < -0.3 is 15.4 Å². The van der Waals surface area contributed by atoms with Crippen molar-refractivity contribution < 1.29 is 22.7 Å². The summed E-state index contributed by atoms with van der Waals surface area (Å²) in [6, 6.07) is 18.9. The van der Waals surface area contributed by atoms with Crippen molar-refractivity contribution in [2.24, 2.45) is 4.99 Å². The molecular weight excluding hydrogens is 493 g/mol. The van der Waals surface area contributed by atoms with Crippen LogP contribution < -0.4 is 15.4 Å². The molecule has 0 unspecified atom stereocenters. The first-order valence-corrected chi connectivity index (χ1v) is 10.9. The number of halogens is 3. The number of amidine groups is 1. The average Bonchev–Trinajstić information content (AvgIpc) is 3.31. The highest BCUT2D eigenvalue weighted by Crippen LogP contribution is 2.24. The second-order valence-electron chi connectivity index (χ2n) is 7.44. The third kappa shape index (κ3) is 6.63. The van der Waals surface area contributed by atoms with E-state index in [-0.39, 0.29) is 10.9 Å². The Hall–Kier alpha value is -4.32. The zero-order valence-electron chi connectivity index (χ0n) is 18.7. The Labute approximate surface area is 209 Å². The molecule has 36 heavy (non-hydrogen) atoms. The van der Waals surface area contributed by atoms with Gasteiger partial charge >= 0.3 is 12.4 Å². The highest BCUT2D eigenvalue weighted by Gasteiger charge is 2.31. The van der Waals surface area contributed by atoms with Crippen LogP contribution in [0.5, 0.6) is 5.75 Å². The lowest BCUT2D eigenvalue weighted by molar-refractivity contribution is -0.274. The number of benzene rings is 3. The first-order valence-electron chi connectivity index (χ1n) is 10.5. The van der Waals surface area contributed by atoms with Crippen molar-refractivity contribution in [2.75, 3.05) is 10.6 Å². The first-order chi connectivity index (χ1) is 17.2. The molecule has 0 atom stereocenters. The number of urea groups is 1. The largest absolute Gasteiger partial charge is 0.573 e. The number of carbonyl (C=O) groups is 1. The SMILES string of the molecule is Cc1ccccc1N/C(S)=N/C(=O)Nc1ccc(-c2ncn(-c3ccc(OC(F)(F)F)cc3)n2)cc1. The Balaban J connectivity index is 1.38. The molecule has 0 bridgehead atoms. The lowest BCUT2D eigenvalue weighted by Gasteiger charge is -2.09. The van der Waals surface area contributed by atoms with Crippen molar-refractivity contribution in [1.82, 2.24) is 14.8 Å². The summed E-state index contributed by atoms with van der Waals surface area (Å²) >= 11 is 4.22. The van der Waals surface area contributed by atoms with Gasteiger partial charge in [0.1, 0.15) is 12.1 Å². The molecule has 0 saturated carbocycles. The summed E-state index contributed by atoms with van der Waals surface area (Å²) in [5, 5.41) is 10.1. The number of aryl methyl sites for hydroxylation is 1. The Kier molecular flexibility index (Phi) is 7.25. The number of carbonyl (C=O) groups excluding carboxylic acids is 1. The van der Waals surface area contributed by atoms with E-state index in [9.17, 15) is 18.0 Å². The summed E-state index contributed by atoms with van der Waals surface area (Å²) in [4.78, 5) is 20.3. The number of rotatable bonds is 5. The Morgan fingerprint density at radius 1 is 1.00 bits per heavy atom. The molecule has 4 rings (SSSR count). The first kappa shape index (κ1) is 24.8. The number of alkyl halides is 3. The molecular formula is C24H19F3N6O2S. The van der Waals surface area contributed by atoms with E-state index in [1.54, 1.807) is 24.3 Å². The quantitative estimate of drug-likeness (QED) is 0.171. The van der Waals surface area contributed by atoms with Gasteiger partial charge in [0.25, 0.3) is 0 Å². The molecule has 0 radical (unpaired) electrons. The van der Waals surface area contributed by atoms with Crippen LogP contribution in [-0.4, -0.2) is 32.3 Å². The molecule has 1 aromatic heterocycles. The third-order valence-electron chi connectivity index (χ3n) is 4.82. The second kappa shape index (κ2) is 10.5. The fraction of sp³-hybridized carbons (Fsp3) is 0.0833. The van der Waals surface area contributed by atoms with E-state index in [4.69, 9.17) is 0 Å². The number of hydrogen-bond acceptors (Lipinski definition) is 4. The zero-order chi connectivity index (χ0) is 25.7. The number of aliphatic imine (C=N–C) groups is 1. The number of nitrogens with one attached hydrogen (secondary N) is 2. The number of aromatic nitrogens is 3. The molecule has 0 fully saturated rings. The van der Waals surface area contributed by atoms with Gasteiger partial charge in [0, 0.05) is 16.9 Å². The van der Waals surface area contributed by atoms with E-state index in [1.165, 1.54) is 35.3 Å². The monoisotopic (exact) mass is 512 g/mol. The van der Waals surface area contributed by atoms with Crippen molar-refractivity contribution in [2.45, 2.75) is 13.3 Å². The normalized spacial score (nSPS) is 11.8. The van der Waals surface area contributed by atoms with E-state index in [0.717, 1.165) is 11.3 Å². The van der Waals surface area contributed by atoms with Crippen molar-refractivity contribution in [3.05, 3.63) is 84.7 Å². The topological polar surface area (TPSA) is 93.4 Å². The molecule has 12 heteroatoms. The molecule has 0 saturated heterocycles. The fourth-order valence-corrected chi connectivity index (χ4v) is 3.34. The Bertz CT molecular complexity index is 1390. The van der Waals surface area contributed by atoms with Crippen molar-refractivity contribution >= 4 is 35.2 Å². The second-order valence-corrected chi connectivity index (χ2v) is 7.86. The molecule has 184 valence electrons. The molecule has 0 spiro atoms. The average molecular weight is 513 g/mol. The predicted molar refractivity (Wildman–Crippen MR) is 134 cm³/mol. The molecule has 4 aromatic rings. The van der Waals surface area contributed by atoms with Gasteiger partial charge in [-0.25, -0.2) is 14.5 Å². The van der Waals surface area contributed by atoms with E-state index in [1.807, 2.05) is 31.2 Å². The van der Waals surface area contributed by atoms with Crippen molar-refractivity contribution in [1.29, 1.82) is 0 Å². The maximum atomic E-state index is 12.3. The number of thiol groups is 1. The van der Waals surface area contributed by atoms with Crippen LogP contribution in [0.15, 0.2) is 84.1 Å². The summed E-state index contributed by atoms with van der Waals surface area (Å²) in [6.45, 7) is 1.92. The van der Waals surface area contributed by atoms with E-state index >= 15 is 0 Å². The molecule has 2 N–H and O–H groups in total. The van der Waals surface area contributed by atoms with Crippen LogP contribution in [0.4, 0.5) is 29.3 Å². The molecule has 2 amide bonds. The zero-order valence-corrected chi connectivity index (χ0v) is 19.6. The van der Waals surface area contributed by atoms with Crippen LogP contribution in [0.2, 0.25) is 0 Å². The van der Waals surface area contributed by atoms with Crippen LogP contribution in [0.3, 0.4) is 0 Å². The molecule has 8 nitrogen and oxygen atoms in total. The van der Waals surface area contributed by atoms with Crippen LogP contribution >= 0.6 is 12.6 Å². The lowest BCUT2D eigenvalue weighted by atomic mass is 10.2. The minimum absolute atomic E-state index is 0.145. The van der Waals surface area contributed by atoms with Crippen molar-refractivity contribution in [3.63, 3.8) is 0 Å². The fourth-order valence-electron chi connectivity index (χ4n) is 3.13. The van der Waals surface area contributed by atoms with E-state index < -0.39 is 12.4 Å². The Morgan fingerprint density at radius 2 is 1.69 bits per heavy atom. The summed E-state index contributed by atoms with van der Waals surface area (Å²) in [5.41, 5.74) is 3.46. The summed E-state index contributed by atoms with van der Waals surface area (Å²) in [7, 11) is 0. The smallest absolute Gasteiger partial charge is 0.406 e. The summed E-state index contributed by atoms with van der Waals surface area (Å²) < 4.78 is 42.2. The Morgan fingerprint density at radius 3 is 2.36 bits per heavy atom. The number of hydrogen-bond donors (Lipinski definition) is 3. The van der Waals surface area contributed by atoms with Gasteiger partial charge in [0.2, 0.25) is 0 Å². The van der Waals surface area contributed by atoms with Gasteiger partial charge in [0.15, 0.2) is 11.0 Å². The third-order valence-corrected chi connectivity index (χ3v) is 5.03. The van der Waals surface area contributed by atoms with Crippen LogP contribution in [0, 0.1) is 6.92 Å². The summed E-state index contributed by atoms with van der Waals surface area (Å²) in [6.07, 6.45) is -3.32. The number of para-hydroxylation sites is 1. The summed E-state index contributed by atoms with van der Waals surface area (Å²) in [5.74, 6) is 0.0612. The van der Waals surface area contributed by atoms with Gasteiger partial charge in [-0.3, -0.25) is 0 Å². The van der Waals surface area contributed by atoms with E-state index in [2.05, 4.69) is 43.1 Å². The highest BCUT2D eigenvalue weighted by molar-refractivity contribution is 7.97. The standard InChI is InChI=1S/C24H19F3N6O2S/c1-15-4-2-3-5-20(15)30-23(36)31-22(34)29-17-8-6-16(7-9-17)21-28-14-33(32-21)18-10-12-19(13-11-18)35-24(25,26)27/h2-14H,1H3,(H3,29,30,31,34,36). The van der Waals surface area contributed by atoms with Crippen LogP contribution in [0.25, 0.3) is 17.1 Å². The van der Waals surface area contributed by atoms with Crippen LogP contribution in [0.1, 0.15) is 5.56 Å². The molecule has 0 aliphatic rings. The van der Waals surface area contributed by atoms with Gasteiger partial charge in [-0.1, -0.05) is 18.2 Å². The number of ether oxygens (including phenoxy) is 1. The van der Waals surface area contributed by atoms with E-state index in [0.29, 0.717) is 22.8 Å². The van der Waals surface area contributed by atoms with Gasteiger partial charge in [-0.2, -0.15) is 4.99 Å². The van der Waals surface area contributed by atoms with Gasteiger partial charge in [-0.15, -0.1) is 30.9 Å². The maximum absolute atomic E-state index is 12.3. The maximum Gasteiger partial charge on any atom is 0.573 e. The number of anilines is 2. The lowest BCUT2D eigenvalue weighted by Crippen LogP contribution is -2.17. The van der Waals surface area contributed by atoms with Crippen molar-refractivity contribution in [3.8, 4) is 22.8 Å². The minimum atomic E-state index is -4.76. The number of nitrogens with zero attached hydrogens (tertiary/aromatic N) is 4. The number of amides is 2. The molecule has 1 heterocycles. The van der Waals surface area contributed by atoms with Gasteiger partial charge in [0.05, 0.1) is 5.69 Å². The van der Waals surface area contributed by atoms with Gasteiger partial charge in [-0.05, 0) is 67.1 Å². The molecule has 0 aliphatic carbocycles. The molecule has 3 aromatic carbocycles. The minimum Gasteiger partial charge on any atom is -0.406 e.